The molecular weight excluding hydrogens is 246 g/mol. The molecule has 0 radical (unpaired) electrons. The smallest absolute Gasteiger partial charge is 0.335 e. The number of carboxylic acids is 1. The SMILES string of the molecule is Cc1cc(Cn2cnc3ccc(C(=O)O)cc32)on1. The molecule has 0 saturated carbocycles. The molecule has 0 aliphatic rings. The predicted octanol–water partition coefficient (Wildman–Crippen LogP) is 2.08. The van der Waals surface area contributed by atoms with Crippen molar-refractivity contribution in [2.45, 2.75) is 13.5 Å². The van der Waals surface area contributed by atoms with Gasteiger partial charge in [0.25, 0.3) is 0 Å². The molecule has 0 amide bonds. The summed E-state index contributed by atoms with van der Waals surface area (Å²) in [6.45, 7) is 2.32. The molecule has 0 aliphatic carbocycles. The predicted molar refractivity (Wildman–Crippen MR) is 67.0 cm³/mol. The van der Waals surface area contributed by atoms with Crippen LogP contribution < -0.4 is 0 Å². The fraction of sp³-hybridized carbons (Fsp3) is 0.154. The van der Waals surface area contributed by atoms with E-state index in [4.69, 9.17) is 9.63 Å². The number of aryl methyl sites for hydroxylation is 1. The molecule has 1 aromatic carbocycles. The summed E-state index contributed by atoms with van der Waals surface area (Å²) >= 11 is 0. The van der Waals surface area contributed by atoms with E-state index < -0.39 is 5.97 Å². The number of nitrogens with zero attached hydrogens (tertiary/aromatic N) is 3. The average molecular weight is 257 g/mol. The quantitative estimate of drug-likeness (QED) is 0.776. The third-order valence-corrected chi connectivity index (χ3v) is 2.87. The Morgan fingerprint density at radius 2 is 2.26 bits per heavy atom. The largest absolute Gasteiger partial charge is 0.478 e. The van der Waals surface area contributed by atoms with Gasteiger partial charge in [-0.1, -0.05) is 5.16 Å². The molecule has 6 heteroatoms. The molecule has 96 valence electrons. The van der Waals surface area contributed by atoms with Crippen LogP contribution in [0.1, 0.15) is 21.8 Å². The van der Waals surface area contributed by atoms with Crippen molar-refractivity contribution in [2.75, 3.05) is 0 Å². The van der Waals surface area contributed by atoms with E-state index in [2.05, 4.69) is 10.1 Å². The van der Waals surface area contributed by atoms with Crippen molar-refractivity contribution in [3.63, 3.8) is 0 Å². The van der Waals surface area contributed by atoms with Crippen LogP contribution in [0.4, 0.5) is 0 Å². The Balaban J connectivity index is 2.03. The van der Waals surface area contributed by atoms with Crippen molar-refractivity contribution in [1.29, 1.82) is 0 Å². The van der Waals surface area contributed by atoms with E-state index in [1.807, 2.05) is 17.6 Å². The first-order valence-corrected chi connectivity index (χ1v) is 5.74. The van der Waals surface area contributed by atoms with Crippen LogP contribution in [0, 0.1) is 6.92 Å². The van der Waals surface area contributed by atoms with E-state index in [0.29, 0.717) is 12.3 Å². The maximum atomic E-state index is 11.0. The summed E-state index contributed by atoms with van der Waals surface area (Å²) in [7, 11) is 0. The van der Waals surface area contributed by atoms with Crippen LogP contribution in [-0.4, -0.2) is 25.8 Å². The summed E-state index contributed by atoms with van der Waals surface area (Å²) in [6, 6.07) is 6.68. The third-order valence-electron chi connectivity index (χ3n) is 2.87. The second kappa shape index (κ2) is 4.24. The standard InChI is InChI=1S/C13H11N3O3/c1-8-4-10(19-15-8)6-16-7-14-11-3-2-9(13(17)18)5-12(11)16/h2-5,7H,6H2,1H3,(H,17,18). The Morgan fingerprint density at radius 1 is 1.42 bits per heavy atom. The zero-order valence-electron chi connectivity index (χ0n) is 10.2. The van der Waals surface area contributed by atoms with E-state index in [1.165, 1.54) is 0 Å². The van der Waals surface area contributed by atoms with Gasteiger partial charge in [0.2, 0.25) is 0 Å². The second-order valence-corrected chi connectivity index (χ2v) is 4.32. The summed E-state index contributed by atoms with van der Waals surface area (Å²) in [6.07, 6.45) is 1.66. The molecule has 2 aromatic heterocycles. The van der Waals surface area contributed by atoms with Crippen molar-refractivity contribution >= 4 is 17.0 Å². The number of hydrogen-bond acceptors (Lipinski definition) is 4. The average Bonchev–Trinajstić information content (AvgIpc) is 2.96. The molecule has 0 unspecified atom stereocenters. The van der Waals surface area contributed by atoms with Gasteiger partial charge in [-0.2, -0.15) is 0 Å². The zero-order chi connectivity index (χ0) is 13.4. The number of benzene rings is 1. The molecule has 0 bridgehead atoms. The van der Waals surface area contributed by atoms with Gasteiger partial charge in [0.1, 0.15) is 0 Å². The normalized spacial score (nSPS) is 11.0. The Hall–Kier alpha value is -2.63. The van der Waals surface area contributed by atoms with E-state index in [1.54, 1.807) is 24.5 Å². The van der Waals surface area contributed by atoms with Crippen LogP contribution in [0.15, 0.2) is 35.1 Å². The zero-order valence-corrected chi connectivity index (χ0v) is 10.2. The van der Waals surface area contributed by atoms with Crippen LogP contribution >= 0.6 is 0 Å². The summed E-state index contributed by atoms with van der Waals surface area (Å²) in [5.41, 5.74) is 2.56. The van der Waals surface area contributed by atoms with Gasteiger partial charge in [0.05, 0.1) is 35.2 Å². The van der Waals surface area contributed by atoms with E-state index >= 15 is 0 Å². The number of aromatic nitrogens is 3. The van der Waals surface area contributed by atoms with E-state index in [0.717, 1.165) is 16.7 Å². The lowest BCUT2D eigenvalue weighted by atomic mass is 10.2. The number of carboxylic acid groups (broad SMARTS) is 1. The van der Waals surface area contributed by atoms with Crippen LogP contribution in [-0.2, 0) is 6.54 Å². The minimum atomic E-state index is -0.954. The maximum Gasteiger partial charge on any atom is 0.335 e. The highest BCUT2D eigenvalue weighted by atomic mass is 16.5. The number of rotatable bonds is 3. The summed E-state index contributed by atoms with van der Waals surface area (Å²) in [4.78, 5) is 15.2. The van der Waals surface area contributed by atoms with Crippen LogP contribution in [0.5, 0.6) is 0 Å². The summed E-state index contributed by atoms with van der Waals surface area (Å²) in [5.74, 6) is -0.248. The van der Waals surface area contributed by atoms with E-state index in [9.17, 15) is 4.79 Å². The number of aromatic carboxylic acids is 1. The monoisotopic (exact) mass is 257 g/mol. The van der Waals surface area contributed by atoms with Gasteiger partial charge in [-0.05, 0) is 25.1 Å². The molecule has 0 aliphatic heterocycles. The van der Waals surface area contributed by atoms with Crippen molar-refractivity contribution in [1.82, 2.24) is 14.7 Å². The van der Waals surface area contributed by atoms with Crippen LogP contribution in [0.2, 0.25) is 0 Å². The molecule has 0 atom stereocenters. The van der Waals surface area contributed by atoms with Gasteiger partial charge >= 0.3 is 5.97 Å². The molecule has 19 heavy (non-hydrogen) atoms. The number of fused-ring (bicyclic) bond motifs is 1. The summed E-state index contributed by atoms with van der Waals surface area (Å²) in [5, 5.41) is 12.8. The number of hydrogen-bond donors (Lipinski definition) is 1. The molecule has 6 nitrogen and oxygen atoms in total. The lowest BCUT2D eigenvalue weighted by Gasteiger charge is -2.01. The van der Waals surface area contributed by atoms with Crippen molar-refractivity contribution in [3.05, 3.63) is 47.6 Å². The van der Waals surface area contributed by atoms with E-state index in [-0.39, 0.29) is 5.56 Å². The number of imidazole rings is 1. The molecule has 1 N–H and O–H groups in total. The molecule has 2 heterocycles. The first-order chi connectivity index (χ1) is 9.13. The van der Waals surface area contributed by atoms with Gasteiger partial charge in [-0.3, -0.25) is 0 Å². The van der Waals surface area contributed by atoms with Gasteiger partial charge in [0, 0.05) is 6.07 Å². The molecular formula is C13H11N3O3. The first kappa shape index (κ1) is 11.5. The van der Waals surface area contributed by atoms with Crippen LogP contribution in [0.3, 0.4) is 0 Å². The lowest BCUT2D eigenvalue weighted by Crippen LogP contribution is -1.99. The summed E-state index contributed by atoms with van der Waals surface area (Å²) < 4.78 is 6.98. The van der Waals surface area contributed by atoms with Gasteiger partial charge in [-0.15, -0.1) is 0 Å². The highest BCUT2D eigenvalue weighted by Gasteiger charge is 2.09. The van der Waals surface area contributed by atoms with Crippen molar-refractivity contribution in [3.8, 4) is 0 Å². The Labute approximate surface area is 108 Å². The molecule has 0 spiro atoms. The van der Waals surface area contributed by atoms with Crippen LogP contribution in [0.25, 0.3) is 11.0 Å². The van der Waals surface area contributed by atoms with Crippen molar-refractivity contribution in [2.24, 2.45) is 0 Å². The maximum absolute atomic E-state index is 11.0. The highest BCUT2D eigenvalue weighted by molar-refractivity contribution is 5.92. The minimum Gasteiger partial charge on any atom is -0.478 e. The third kappa shape index (κ3) is 2.08. The van der Waals surface area contributed by atoms with Gasteiger partial charge < -0.3 is 14.2 Å². The fourth-order valence-electron chi connectivity index (χ4n) is 1.97. The van der Waals surface area contributed by atoms with Crippen molar-refractivity contribution < 1.29 is 14.4 Å². The highest BCUT2D eigenvalue weighted by Crippen LogP contribution is 2.17. The minimum absolute atomic E-state index is 0.239. The molecule has 0 saturated heterocycles. The fourth-order valence-corrected chi connectivity index (χ4v) is 1.97. The number of carbonyl (C=O) groups is 1. The second-order valence-electron chi connectivity index (χ2n) is 4.32. The molecule has 3 rings (SSSR count). The Morgan fingerprint density at radius 3 is 2.95 bits per heavy atom. The first-order valence-electron chi connectivity index (χ1n) is 5.74. The van der Waals surface area contributed by atoms with Gasteiger partial charge in [-0.25, -0.2) is 9.78 Å². The van der Waals surface area contributed by atoms with Gasteiger partial charge in [0.15, 0.2) is 5.76 Å². The Bertz CT molecular complexity index is 757. The Kier molecular flexibility index (Phi) is 2.56. The molecule has 3 aromatic rings. The lowest BCUT2D eigenvalue weighted by molar-refractivity contribution is 0.0697. The molecule has 0 fully saturated rings. The topological polar surface area (TPSA) is 81.2 Å².